The summed E-state index contributed by atoms with van der Waals surface area (Å²) in [6, 6.07) is 19.8. The van der Waals surface area contributed by atoms with Crippen LogP contribution in [0.5, 0.6) is 0 Å². The van der Waals surface area contributed by atoms with Crippen LogP contribution in [0.25, 0.3) is 0 Å². The molecule has 33 heavy (non-hydrogen) atoms. The van der Waals surface area contributed by atoms with Gasteiger partial charge in [-0.3, -0.25) is 0 Å². The molecule has 13 heteroatoms. The van der Waals surface area contributed by atoms with Gasteiger partial charge in [-0.15, -0.1) is 0 Å². The van der Waals surface area contributed by atoms with Crippen molar-refractivity contribution in [3.8, 4) is 0 Å². The maximum Gasteiger partial charge on any atom is 4.00 e. The maximum absolute atomic E-state index is 10.4. The molecule has 0 radical (unpaired) electrons. The Morgan fingerprint density at radius 2 is 0.576 bits per heavy atom. The van der Waals surface area contributed by atoms with Crippen LogP contribution in [0.15, 0.2) is 97.6 Å². The summed E-state index contributed by atoms with van der Waals surface area (Å²) in [6.07, 6.45) is 5.51. The number of aromatic nitrogens is 4. The van der Waals surface area contributed by atoms with E-state index < -0.39 is 0 Å². The van der Waals surface area contributed by atoms with Gasteiger partial charge in [-0.05, 0) is 73.3 Å². The van der Waals surface area contributed by atoms with Crippen molar-refractivity contribution in [1.82, 2.24) is 18.9 Å². The third-order valence-electron chi connectivity index (χ3n) is 3.15. The third kappa shape index (κ3) is 12.9. The van der Waals surface area contributed by atoms with Gasteiger partial charge in [0.25, 0.3) is 0 Å². The van der Waals surface area contributed by atoms with E-state index in [4.69, 9.17) is 0 Å². The van der Waals surface area contributed by atoms with E-state index in [0.29, 0.717) is 37.5 Å². The molecule has 0 spiro atoms. The fourth-order valence-electron chi connectivity index (χ4n) is 1.65. The average molecular weight is 553 g/mol. The molecule has 0 amide bonds. The summed E-state index contributed by atoms with van der Waals surface area (Å²) in [6.45, 7) is 0. The first-order valence-electron chi connectivity index (χ1n) is 8.63. The fraction of sp³-hybridized carbons (Fsp3) is 0. The van der Waals surface area contributed by atoms with E-state index in [9.17, 15) is 20.8 Å². The Hall–Kier alpha value is -2.61. The average Bonchev–Trinajstić information content (AvgIpc) is 2.78. The van der Waals surface area contributed by atoms with Gasteiger partial charge >= 0.3 is 21.7 Å². The van der Waals surface area contributed by atoms with E-state index in [1.807, 2.05) is 0 Å². The second-order valence-electron chi connectivity index (χ2n) is 5.46. The standard InChI is InChI=1S/4C5H4NOS.Ti/c4*7-6-4-2-1-3-5(6)8;/h4*1-4H;/q4*-1;+4. The first kappa shape index (κ1) is 30.4. The molecule has 4 rings (SSSR count). The summed E-state index contributed by atoms with van der Waals surface area (Å²) in [5.41, 5.74) is 0. The van der Waals surface area contributed by atoms with E-state index in [1.54, 1.807) is 72.8 Å². The monoisotopic (exact) mass is 552 g/mol. The van der Waals surface area contributed by atoms with Gasteiger partial charge in [0.15, 0.2) is 0 Å². The molecule has 0 fully saturated rings. The predicted molar refractivity (Wildman–Crippen MR) is 136 cm³/mol. The van der Waals surface area contributed by atoms with Crippen molar-refractivity contribution >= 4 is 48.9 Å². The van der Waals surface area contributed by atoms with Crippen molar-refractivity contribution < 1.29 is 21.7 Å². The van der Waals surface area contributed by atoms with Crippen LogP contribution in [0, 0.1) is 39.4 Å². The summed E-state index contributed by atoms with van der Waals surface area (Å²) in [7, 11) is 0. The van der Waals surface area contributed by atoms with Crippen LogP contribution < -0.4 is 0 Å². The van der Waals surface area contributed by atoms with Crippen molar-refractivity contribution in [2.45, 2.75) is 0 Å². The van der Waals surface area contributed by atoms with Crippen LogP contribution in [0.1, 0.15) is 0 Å². The van der Waals surface area contributed by atoms with Crippen molar-refractivity contribution in [1.29, 1.82) is 0 Å². The summed E-state index contributed by atoms with van der Waals surface area (Å²) in [5, 5.41) is 41.7. The maximum atomic E-state index is 10.4. The largest absolute Gasteiger partial charge is 4.00 e. The zero-order valence-corrected chi connectivity index (χ0v) is 21.6. The normalized spacial score (nSPS) is 8.73. The molecule has 0 atom stereocenters. The van der Waals surface area contributed by atoms with Gasteiger partial charge in [-0.2, -0.15) is 0 Å². The van der Waals surface area contributed by atoms with Crippen LogP contribution in [-0.4, -0.2) is 18.9 Å². The molecule has 4 heterocycles. The van der Waals surface area contributed by atoms with E-state index in [1.165, 1.54) is 24.8 Å². The van der Waals surface area contributed by atoms with E-state index in [0.717, 1.165) is 0 Å². The van der Waals surface area contributed by atoms with Crippen molar-refractivity contribution in [3.63, 3.8) is 0 Å². The Labute approximate surface area is 225 Å². The molecule has 0 aliphatic heterocycles. The van der Waals surface area contributed by atoms with Gasteiger partial charge in [0.2, 0.25) is 0 Å². The van der Waals surface area contributed by atoms with E-state index in [2.05, 4.69) is 48.9 Å². The minimum Gasteiger partial charge on any atom is -0.805 e. The first-order chi connectivity index (χ1) is 15.2. The number of nitrogens with zero attached hydrogens (tertiary/aromatic N) is 4. The van der Waals surface area contributed by atoms with Crippen LogP contribution in [0.3, 0.4) is 0 Å². The van der Waals surface area contributed by atoms with Gasteiger partial charge in [-0.25, -0.2) is 0 Å². The topological polar surface area (TPSA) is 112 Å². The molecular formula is C20H16N4O4S4Ti. The van der Waals surface area contributed by atoms with Crippen molar-refractivity contribution in [3.05, 3.63) is 137 Å². The fourth-order valence-corrected chi connectivity index (χ4v) is 2.21. The summed E-state index contributed by atoms with van der Waals surface area (Å²) >= 11 is 18.4. The Balaban J connectivity index is 0.000000410. The van der Waals surface area contributed by atoms with Crippen molar-refractivity contribution in [2.24, 2.45) is 0 Å². The SMILES string of the molecule is [O-]n1ccccc1=S.[O-]n1ccccc1=S.[O-]n1ccccc1=S.[O-]n1ccccc1=S.[Ti+4]. The van der Waals surface area contributed by atoms with Crippen LogP contribution in [0.2, 0.25) is 0 Å². The Bertz CT molecular complexity index is 1130. The van der Waals surface area contributed by atoms with Gasteiger partial charge in [0.1, 0.15) is 18.6 Å². The zero-order valence-electron chi connectivity index (χ0n) is 16.8. The number of hydrogen-bond donors (Lipinski definition) is 0. The number of pyridine rings is 4. The Morgan fingerprint density at radius 1 is 0.394 bits per heavy atom. The molecule has 0 N–H and O–H groups in total. The predicted octanol–water partition coefficient (Wildman–Crippen LogP) is 6.25. The third-order valence-corrected chi connectivity index (χ3v) is 4.42. The molecule has 0 saturated carbocycles. The van der Waals surface area contributed by atoms with E-state index in [-0.39, 0.29) is 21.7 Å². The second-order valence-corrected chi connectivity index (χ2v) is 7.13. The van der Waals surface area contributed by atoms with Gasteiger partial charge < -0.3 is 39.8 Å². The molecule has 4 aromatic rings. The van der Waals surface area contributed by atoms with Crippen LogP contribution in [-0.2, 0) is 21.7 Å². The van der Waals surface area contributed by atoms with Gasteiger partial charge in [0, 0.05) is 0 Å². The molecule has 0 aliphatic carbocycles. The molecule has 0 aromatic carbocycles. The minimum atomic E-state index is 0. The molecule has 0 saturated heterocycles. The van der Waals surface area contributed by atoms with Crippen molar-refractivity contribution in [2.75, 3.05) is 0 Å². The second kappa shape index (κ2) is 16.9. The van der Waals surface area contributed by atoms with E-state index >= 15 is 0 Å². The quantitative estimate of drug-likeness (QED) is 0.186. The minimum absolute atomic E-state index is 0. The Morgan fingerprint density at radius 3 is 0.667 bits per heavy atom. The Kier molecular flexibility index (Phi) is 15.6. The van der Waals surface area contributed by atoms with Crippen LogP contribution in [0.4, 0.5) is 0 Å². The zero-order chi connectivity index (χ0) is 23.9. The number of hydrogen-bond acceptors (Lipinski definition) is 8. The van der Waals surface area contributed by atoms with Gasteiger partial charge in [-0.1, -0.05) is 73.1 Å². The molecule has 168 valence electrons. The summed E-state index contributed by atoms with van der Waals surface area (Å²) in [5.74, 6) is 0. The molecule has 0 bridgehead atoms. The molecule has 8 nitrogen and oxygen atoms in total. The first-order valence-corrected chi connectivity index (χ1v) is 10.3. The molecular weight excluding hydrogens is 536 g/mol. The van der Waals surface area contributed by atoms with Crippen LogP contribution >= 0.6 is 48.9 Å². The smallest absolute Gasteiger partial charge is 0.805 e. The summed E-state index contributed by atoms with van der Waals surface area (Å²) < 4.78 is 3.84. The summed E-state index contributed by atoms with van der Waals surface area (Å²) in [4.78, 5) is 0. The molecule has 4 aromatic heterocycles. The number of rotatable bonds is 0. The molecule has 0 aliphatic rings. The molecule has 0 unspecified atom stereocenters. The van der Waals surface area contributed by atoms with Gasteiger partial charge in [0.05, 0.1) is 0 Å².